The van der Waals surface area contributed by atoms with Crippen molar-refractivity contribution in [3.8, 4) is 0 Å². The van der Waals surface area contributed by atoms with Crippen molar-refractivity contribution in [2.45, 2.75) is 24.5 Å². The molecule has 0 spiro atoms. The summed E-state index contributed by atoms with van der Waals surface area (Å²) >= 11 is 0. The molecule has 0 aliphatic heterocycles. The fourth-order valence-electron chi connectivity index (χ4n) is 3.19. The SMILES string of the molecule is CCc1ccc(C2C(S(C)(=O)=O)C2(COC)C(=O)O)cc1. The Morgan fingerprint density at radius 2 is 1.90 bits per heavy atom. The van der Waals surface area contributed by atoms with Crippen molar-refractivity contribution in [3.05, 3.63) is 35.4 Å². The van der Waals surface area contributed by atoms with Crippen LogP contribution in [0.15, 0.2) is 24.3 Å². The van der Waals surface area contributed by atoms with Gasteiger partial charge in [-0.3, -0.25) is 4.79 Å². The molecule has 0 aromatic heterocycles. The Hall–Kier alpha value is -1.40. The van der Waals surface area contributed by atoms with E-state index < -0.39 is 32.4 Å². The number of hydrogen-bond donors (Lipinski definition) is 1. The molecule has 0 bridgehead atoms. The van der Waals surface area contributed by atoms with E-state index in [0.29, 0.717) is 0 Å². The molecule has 5 nitrogen and oxygen atoms in total. The Balaban J connectivity index is 2.46. The average molecular weight is 312 g/mol. The van der Waals surface area contributed by atoms with E-state index in [1.807, 2.05) is 31.2 Å². The third-order valence-electron chi connectivity index (χ3n) is 4.25. The number of aryl methyl sites for hydroxylation is 1. The zero-order valence-corrected chi connectivity index (χ0v) is 13.2. The van der Waals surface area contributed by atoms with Gasteiger partial charge in [-0.25, -0.2) is 8.42 Å². The van der Waals surface area contributed by atoms with Crippen molar-refractivity contribution < 1.29 is 23.1 Å². The summed E-state index contributed by atoms with van der Waals surface area (Å²) in [6.45, 7) is 1.91. The van der Waals surface area contributed by atoms with Gasteiger partial charge < -0.3 is 9.84 Å². The van der Waals surface area contributed by atoms with Crippen LogP contribution in [0.4, 0.5) is 0 Å². The van der Waals surface area contributed by atoms with Gasteiger partial charge in [0.1, 0.15) is 5.41 Å². The van der Waals surface area contributed by atoms with E-state index in [2.05, 4.69) is 0 Å². The van der Waals surface area contributed by atoms with Crippen LogP contribution in [0.2, 0.25) is 0 Å². The van der Waals surface area contributed by atoms with Crippen LogP contribution in [0, 0.1) is 5.41 Å². The summed E-state index contributed by atoms with van der Waals surface area (Å²) in [5, 5.41) is 8.62. The predicted molar refractivity (Wildman–Crippen MR) is 79.1 cm³/mol. The lowest BCUT2D eigenvalue weighted by atomic mass is 9.99. The molecule has 0 heterocycles. The number of sulfone groups is 1. The number of rotatable bonds is 6. The van der Waals surface area contributed by atoms with Gasteiger partial charge in [-0.2, -0.15) is 0 Å². The molecule has 116 valence electrons. The Morgan fingerprint density at radius 3 is 2.29 bits per heavy atom. The number of ether oxygens (including phenoxy) is 1. The molecular weight excluding hydrogens is 292 g/mol. The number of aliphatic carboxylic acids is 1. The Bertz CT molecular complexity index is 635. The summed E-state index contributed by atoms with van der Waals surface area (Å²) in [6, 6.07) is 7.46. The van der Waals surface area contributed by atoms with Crippen LogP contribution in [-0.4, -0.2) is 44.7 Å². The molecule has 21 heavy (non-hydrogen) atoms. The largest absolute Gasteiger partial charge is 0.481 e. The second-order valence-electron chi connectivity index (χ2n) is 5.60. The molecule has 1 N–H and O–H groups in total. The topological polar surface area (TPSA) is 80.7 Å². The van der Waals surface area contributed by atoms with Crippen molar-refractivity contribution in [2.75, 3.05) is 20.0 Å². The van der Waals surface area contributed by atoms with Gasteiger partial charge >= 0.3 is 5.97 Å². The van der Waals surface area contributed by atoms with Crippen molar-refractivity contribution >= 4 is 15.8 Å². The van der Waals surface area contributed by atoms with E-state index in [0.717, 1.165) is 23.8 Å². The number of carboxylic acids is 1. The minimum absolute atomic E-state index is 0.111. The lowest BCUT2D eigenvalue weighted by molar-refractivity contribution is -0.145. The Labute approximate surface area is 124 Å². The summed E-state index contributed by atoms with van der Waals surface area (Å²) in [5.74, 6) is -1.68. The first-order chi connectivity index (χ1) is 9.79. The molecule has 1 aliphatic carbocycles. The Morgan fingerprint density at radius 1 is 1.33 bits per heavy atom. The maximum absolute atomic E-state index is 12.0. The quantitative estimate of drug-likeness (QED) is 0.860. The van der Waals surface area contributed by atoms with Crippen molar-refractivity contribution in [2.24, 2.45) is 5.41 Å². The van der Waals surface area contributed by atoms with Gasteiger partial charge in [-0.05, 0) is 17.5 Å². The number of carbonyl (C=O) groups is 1. The molecule has 2 rings (SSSR count). The lowest BCUT2D eigenvalue weighted by Gasteiger charge is -2.11. The summed E-state index contributed by atoms with van der Waals surface area (Å²) in [5.41, 5.74) is 0.487. The van der Waals surface area contributed by atoms with Crippen molar-refractivity contribution in [1.29, 1.82) is 0 Å². The molecule has 1 aromatic carbocycles. The van der Waals surface area contributed by atoms with E-state index in [9.17, 15) is 18.3 Å². The van der Waals surface area contributed by atoms with E-state index in [1.54, 1.807) is 0 Å². The third kappa shape index (κ3) is 2.58. The lowest BCUT2D eigenvalue weighted by Crippen LogP contribution is -2.28. The summed E-state index contributed by atoms with van der Waals surface area (Å²) in [4.78, 5) is 11.7. The van der Waals surface area contributed by atoms with Gasteiger partial charge in [-0.1, -0.05) is 31.2 Å². The highest BCUT2D eigenvalue weighted by Crippen LogP contribution is 2.63. The zero-order chi connectivity index (χ0) is 15.8. The van der Waals surface area contributed by atoms with Crippen molar-refractivity contribution in [3.63, 3.8) is 0 Å². The van der Waals surface area contributed by atoms with Crippen LogP contribution in [0.3, 0.4) is 0 Å². The molecule has 3 unspecified atom stereocenters. The van der Waals surface area contributed by atoms with Crippen LogP contribution < -0.4 is 0 Å². The van der Waals surface area contributed by atoms with Crippen LogP contribution in [0.25, 0.3) is 0 Å². The first kappa shape index (κ1) is 16.0. The highest BCUT2D eigenvalue weighted by Gasteiger charge is 2.74. The standard InChI is InChI=1S/C15H20O5S/c1-4-10-5-7-11(8-6-10)12-13(21(3,18)19)15(12,9-20-2)14(16)17/h5-8,12-13H,4,9H2,1-3H3,(H,16,17). The first-order valence-electron chi connectivity index (χ1n) is 6.79. The number of methoxy groups -OCH3 is 1. The molecule has 0 amide bonds. The number of hydrogen-bond acceptors (Lipinski definition) is 4. The number of carboxylic acid groups (broad SMARTS) is 1. The molecule has 6 heteroatoms. The molecule has 1 fully saturated rings. The monoisotopic (exact) mass is 312 g/mol. The maximum atomic E-state index is 12.0. The molecule has 1 aromatic rings. The summed E-state index contributed by atoms with van der Waals surface area (Å²) in [6.07, 6.45) is 1.97. The molecule has 1 saturated carbocycles. The van der Waals surface area contributed by atoms with Crippen LogP contribution >= 0.6 is 0 Å². The van der Waals surface area contributed by atoms with Crippen LogP contribution in [-0.2, 0) is 25.8 Å². The predicted octanol–water partition coefficient (Wildman–Crippen LogP) is 1.48. The highest BCUT2D eigenvalue weighted by molar-refractivity contribution is 7.91. The number of benzene rings is 1. The average Bonchev–Trinajstić information content (AvgIpc) is 3.10. The molecule has 3 atom stereocenters. The van der Waals surface area contributed by atoms with Crippen LogP contribution in [0.1, 0.15) is 24.0 Å². The summed E-state index contributed by atoms with van der Waals surface area (Å²) in [7, 11) is -2.09. The van der Waals surface area contributed by atoms with Crippen LogP contribution in [0.5, 0.6) is 0 Å². The molecule has 1 aliphatic rings. The van der Waals surface area contributed by atoms with E-state index in [1.165, 1.54) is 7.11 Å². The minimum atomic E-state index is -3.48. The van der Waals surface area contributed by atoms with Gasteiger partial charge in [-0.15, -0.1) is 0 Å². The zero-order valence-electron chi connectivity index (χ0n) is 12.4. The van der Waals surface area contributed by atoms with E-state index in [4.69, 9.17) is 4.74 Å². The smallest absolute Gasteiger partial charge is 0.314 e. The van der Waals surface area contributed by atoms with Gasteiger partial charge in [0.05, 0.1) is 11.9 Å². The minimum Gasteiger partial charge on any atom is -0.481 e. The van der Waals surface area contributed by atoms with Gasteiger partial charge in [0.15, 0.2) is 9.84 Å². The third-order valence-corrected chi connectivity index (χ3v) is 5.86. The Kier molecular flexibility index (Phi) is 4.13. The van der Waals surface area contributed by atoms with Crippen molar-refractivity contribution in [1.82, 2.24) is 0 Å². The first-order valence-corrected chi connectivity index (χ1v) is 8.74. The summed E-state index contributed by atoms with van der Waals surface area (Å²) < 4.78 is 29.0. The highest BCUT2D eigenvalue weighted by atomic mass is 32.2. The second kappa shape index (κ2) is 5.42. The molecular formula is C15H20O5S. The molecule has 0 radical (unpaired) electrons. The van der Waals surface area contributed by atoms with Gasteiger partial charge in [0.25, 0.3) is 0 Å². The van der Waals surface area contributed by atoms with E-state index in [-0.39, 0.29) is 6.61 Å². The fourth-order valence-corrected chi connectivity index (χ4v) is 5.09. The van der Waals surface area contributed by atoms with Gasteiger partial charge in [0, 0.05) is 19.3 Å². The fraction of sp³-hybridized carbons (Fsp3) is 0.533. The maximum Gasteiger partial charge on any atom is 0.314 e. The van der Waals surface area contributed by atoms with Gasteiger partial charge in [0.2, 0.25) is 0 Å². The second-order valence-corrected chi connectivity index (χ2v) is 7.77. The van der Waals surface area contributed by atoms with E-state index >= 15 is 0 Å². The normalized spacial score (nSPS) is 28.3. The molecule has 0 saturated heterocycles.